The largest absolute Gasteiger partial charge is 0.425 e. The van der Waals surface area contributed by atoms with Gasteiger partial charge in [-0.15, -0.1) is 0 Å². The number of aromatic amines is 1. The first-order valence-electron chi connectivity index (χ1n) is 12.2. The van der Waals surface area contributed by atoms with Gasteiger partial charge in [0.2, 0.25) is 0 Å². The van der Waals surface area contributed by atoms with Gasteiger partial charge in [-0.2, -0.15) is 4.48 Å². The number of fused-ring (bicyclic) bond motifs is 1. The number of nitrogens with one attached hydrogen (secondary N) is 2. The van der Waals surface area contributed by atoms with Gasteiger partial charge in [0.1, 0.15) is 18.9 Å². The number of carbonyl (C=O) groups is 3. The highest BCUT2D eigenvalue weighted by molar-refractivity contribution is 5.95. The molecule has 0 radical (unpaired) electrons. The van der Waals surface area contributed by atoms with Crippen LogP contribution in [0.1, 0.15) is 37.3 Å². The van der Waals surface area contributed by atoms with Crippen molar-refractivity contribution < 1.29 is 23.3 Å². The summed E-state index contributed by atoms with van der Waals surface area (Å²) in [5.74, 6) is -0.602. The molecule has 2 fully saturated rings. The molecule has 2 unspecified atom stereocenters. The van der Waals surface area contributed by atoms with Crippen molar-refractivity contribution in [3.63, 3.8) is 0 Å². The number of nitrogens with zero attached hydrogens (tertiary/aromatic N) is 2. The van der Waals surface area contributed by atoms with Crippen molar-refractivity contribution in [2.45, 2.75) is 45.3 Å². The van der Waals surface area contributed by atoms with Crippen molar-refractivity contribution in [1.29, 1.82) is 0 Å². The number of amides is 4. The van der Waals surface area contributed by atoms with E-state index in [1.54, 1.807) is 23.2 Å². The maximum Gasteiger partial charge on any atom is 0.425 e. The lowest BCUT2D eigenvalue weighted by atomic mass is 9.79. The van der Waals surface area contributed by atoms with Crippen molar-refractivity contribution >= 4 is 28.7 Å². The molecule has 0 bridgehead atoms. The number of H-pyrrole nitrogens is 1. The summed E-state index contributed by atoms with van der Waals surface area (Å²) < 4.78 is 13.3. The van der Waals surface area contributed by atoms with E-state index in [0.29, 0.717) is 11.5 Å². The Morgan fingerprint density at radius 2 is 1.97 bits per heavy atom. The first kappa shape index (κ1) is 23.2. The monoisotopic (exact) mass is 477 g/mol. The van der Waals surface area contributed by atoms with Crippen LogP contribution in [0.3, 0.4) is 0 Å². The molecule has 2 aliphatic rings. The van der Waals surface area contributed by atoms with Gasteiger partial charge in [0.05, 0.1) is 0 Å². The highest BCUT2D eigenvalue weighted by Crippen LogP contribution is 2.33. The summed E-state index contributed by atoms with van der Waals surface area (Å²) >= 11 is 0. The van der Waals surface area contributed by atoms with Crippen LogP contribution >= 0.6 is 0 Å². The number of hydrogen-bond acceptors (Lipinski definition) is 3. The number of quaternary nitrogens is 1. The molecule has 4 amide bonds. The molecular formula is C27H30FN4O3+. The lowest BCUT2D eigenvalue weighted by Crippen LogP contribution is -2.59. The van der Waals surface area contributed by atoms with E-state index in [4.69, 9.17) is 0 Å². The Morgan fingerprint density at radius 1 is 1.17 bits per heavy atom. The number of para-hydroxylation sites is 1. The first-order chi connectivity index (χ1) is 16.9. The van der Waals surface area contributed by atoms with Crippen LogP contribution in [0.25, 0.3) is 10.9 Å². The maximum atomic E-state index is 13.9. The molecule has 182 valence electrons. The van der Waals surface area contributed by atoms with E-state index in [0.717, 1.165) is 35.7 Å². The predicted octanol–water partition coefficient (Wildman–Crippen LogP) is 4.09. The predicted molar refractivity (Wildman–Crippen MR) is 129 cm³/mol. The van der Waals surface area contributed by atoms with Gasteiger partial charge in [-0.25, -0.2) is 14.0 Å². The van der Waals surface area contributed by atoms with Crippen LogP contribution in [0.5, 0.6) is 0 Å². The summed E-state index contributed by atoms with van der Waals surface area (Å²) in [5.41, 5.74) is 2.40. The molecule has 2 aromatic carbocycles. The Bertz CT molecular complexity index is 1270. The summed E-state index contributed by atoms with van der Waals surface area (Å²) in [7, 11) is 0. The Kier molecular flexibility index (Phi) is 6.15. The Labute approximate surface area is 203 Å². The highest BCUT2D eigenvalue weighted by Gasteiger charge is 2.53. The molecule has 2 N–H and O–H groups in total. The van der Waals surface area contributed by atoms with E-state index in [1.807, 2.05) is 31.2 Å². The van der Waals surface area contributed by atoms with Gasteiger partial charge < -0.3 is 9.88 Å². The average molecular weight is 478 g/mol. The Hall–Kier alpha value is -3.52. The normalized spacial score (nSPS) is 21.1. The van der Waals surface area contributed by atoms with Gasteiger partial charge in [0, 0.05) is 35.2 Å². The molecule has 5 rings (SSSR count). The molecule has 1 saturated heterocycles. The molecule has 1 aliphatic heterocycles. The molecule has 1 aromatic heterocycles. The fourth-order valence-electron chi connectivity index (χ4n) is 5.29. The molecule has 8 heteroatoms. The highest BCUT2D eigenvalue weighted by atomic mass is 19.1. The van der Waals surface area contributed by atoms with E-state index < -0.39 is 10.5 Å². The third-order valence-electron chi connectivity index (χ3n) is 7.66. The van der Waals surface area contributed by atoms with Gasteiger partial charge in [0.15, 0.2) is 6.54 Å². The van der Waals surface area contributed by atoms with E-state index in [9.17, 15) is 18.8 Å². The third kappa shape index (κ3) is 4.34. The fourth-order valence-corrected chi connectivity index (χ4v) is 5.29. The standard InChI is InChI=1S/C27H29FN4O3/c1-18(20-7-5-8-20)31(15-19-6-4-9-22(28)12-19)25(33)17-32(26(34)14-30-27(32)35)16-21-13-29-24-11-3-2-10-23(21)24/h2-4,6,9-13,18,20,29H,5,7-8,14-17H2,1H3/p+1. The second kappa shape index (κ2) is 9.26. The quantitative estimate of drug-likeness (QED) is 0.379. The number of urea groups is 1. The van der Waals surface area contributed by atoms with Crippen LogP contribution < -0.4 is 5.32 Å². The lowest BCUT2D eigenvalue weighted by molar-refractivity contribution is -0.773. The number of halogens is 1. The number of rotatable bonds is 8. The SMILES string of the molecule is CC(C1CCC1)N(Cc1cccc(F)c1)C(=O)C[N+]1(Cc2c[nH]c3ccccc23)C(=O)CNC1=O. The number of hydrogen-bond donors (Lipinski definition) is 2. The molecule has 1 aliphatic carbocycles. The van der Waals surface area contributed by atoms with Crippen LogP contribution in [-0.2, 0) is 22.7 Å². The van der Waals surface area contributed by atoms with Gasteiger partial charge in [0.25, 0.3) is 5.91 Å². The summed E-state index contributed by atoms with van der Waals surface area (Å²) in [5, 5.41) is 3.57. The number of aromatic nitrogens is 1. The van der Waals surface area contributed by atoms with Crippen molar-refractivity contribution in [3.05, 3.63) is 71.7 Å². The second-order valence-corrected chi connectivity index (χ2v) is 9.78. The molecule has 7 nitrogen and oxygen atoms in total. The van der Waals surface area contributed by atoms with Crippen molar-refractivity contribution in [2.75, 3.05) is 13.1 Å². The van der Waals surface area contributed by atoms with Crippen LogP contribution in [0, 0.1) is 11.7 Å². The van der Waals surface area contributed by atoms with Crippen LogP contribution in [-0.4, -0.2) is 51.3 Å². The van der Waals surface area contributed by atoms with Gasteiger partial charge in [-0.05, 0) is 49.4 Å². The van der Waals surface area contributed by atoms with E-state index in [1.165, 1.54) is 12.1 Å². The van der Waals surface area contributed by atoms with Crippen molar-refractivity contribution in [1.82, 2.24) is 15.2 Å². The zero-order chi connectivity index (χ0) is 24.6. The number of carbonyl (C=O) groups excluding carboxylic acids is 3. The topological polar surface area (TPSA) is 82.3 Å². The third-order valence-corrected chi connectivity index (χ3v) is 7.66. The molecular weight excluding hydrogens is 447 g/mol. The molecule has 35 heavy (non-hydrogen) atoms. The van der Waals surface area contributed by atoms with Gasteiger partial charge in [-0.1, -0.05) is 36.8 Å². The van der Waals surface area contributed by atoms with E-state index >= 15 is 0 Å². The van der Waals surface area contributed by atoms with Crippen LogP contribution in [0.4, 0.5) is 9.18 Å². The maximum absolute atomic E-state index is 13.9. The van der Waals surface area contributed by atoms with Crippen LogP contribution in [0.15, 0.2) is 54.7 Å². The Morgan fingerprint density at radius 3 is 2.66 bits per heavy atom. The van der Waals surface area contributed by atoms with Gasteiger partial charge in [-0.3, -0.25) is 10.1 Å². The average Bonchev–Trinajstić information content (AvgIpc) is 3.33. The first-order valence-corrected chi connectivity index (χ1v) is 12.2. The smallest absolute Gasteiger partial charge is 0.361 e. The molecule has 3 aromatic rings. The molecule has 2 atom stereocenters. The minimum atomic E-state index is -0.599. The zero-order valence-electron chi connectivity index (χ0n) is 19.8. The minimum Gasteiger partial charge on any atom is -0.361 e. The summed E-state index contributed by atoms with van der Waals surface area (Å²) in [4.78, 5) is 45.0. The molecule has 2 heterocycles. The summed E-state index contributed by atoms with van der Waals surface area (Å²) in [6, 6.07) is 13.4. The molecule has 0 spiro atoms. The minimum absolute atomic E-state index is 0.0755. The van der Waals surface area contributed by atoms with Crippen molar-refractivity contribution in [3.8, 4) is 0 Å². The second-order valence-electron chi connectivity index (χ2n) is 9.78. The lowest BCUT2D eigenvalue weighted by Gasteiger charge is -2.40. The molecule has 1 saturated carbocycles. The Balaban J connectivity index is 1.46. The van der Waals surface area contributed by atoms with E-state index in [2.05, 4.69) is 10.3 Å². The van der Waals surface area contributed by atoms with Gasteiger partial charge >= 0.3 is 11.9 Å². The summed E-state index contributed by atoms with van der Waals surface area (Å²) in [6.45, 7) is 1.97. The van der Waals surface area contributed by atoms with Crippen molar-refractivity contribution in [2.24, 2.45) is 5.92 Å². The number of benzene rings is 2. The van der Waals surface area contributed by atoms with E-state index in [-0.39, 0.29) is 49.9 Å². The fraction of sp³-hybridized carbons (Fsp3) is 0.370. The zero-order valence-corrected chi connectivity index (χ0v) is 19.8. The number of imide groups is 1. The summed E-state index contributed by atoms with van der Waals surface area (Å²) in [6.07, 6.45) is 4.99. The van der Waals surface area contributed by atoms with Crippen LogP contribution in [0.2, 0.25) is 0 Å².